The van der Waals surface area contributed by atoms with Crippen molar-refractivity contribution in [2.45, 2.75) is 6.04 Å². The second kappa shape index (κ2) is 3.32. The third-order valence-corrected chi connectivity index (χ3v) is 1.49. The van der Waals surface area contributed by atoms with Gasteiger partial charge >= 0.3 is 0 Å². The van der Waals surface area contributed by atoms with E-state index in [0.717, 1.165) is 5.56 Å². The summed E-state index contributed by atoms with van der Waals surface area (Å²) in [7, 11) is 0. The molecule has 1 unspecified atom stereocenters. The van der Waals surface area contributed by atoms with Crippen molar-refractivity contribution in [3.05, 3.63) is 23.9 Å². The molecule has 0 aliphatic heterocycles. The summed E-state index contributed by atoms with van der Waals surface area (Å²) in [5.74, 6) is 0.478. The van der Waals surface area contributed by atoms with Crippen LogP contribution in [-0.2, 0) is 0 Å². The molecule has 0 aliphatic rings. The van der Waals surface area contributed by atoms with Gasteiger partial charge in [-0.05, 0) is 17.7 Å². The zero-order valence-electron chi connectivity index (χ0n) is 6.20. The van der Waals surface area contributed by atoms with E-state index in [1.54, 1.807) is 12.3 Å². The van der Waals surface area contributed by atoms with Crippen LogP contribution in [0, 0.1) is 0 Å². The highest BCUT2D eigenvalue weighted by Gasteiger charge is 2.02. The number of pyridine rings is 1. The fourth-order valence-electron chi connectivity index (χ4n) is 0.832. The molecule has 1 rings (SSSR count). The van der Waals surface area contributed by atoms with E-state index in [1.807, 2.05) is 6.07 Å². The average Bonchev–Trinajstić information content (AvgIpc) is 2.03. The second-order valence-corrected chi connectivity index (χ2v) is 2.36. The van der Waals surface area contributed by atoms with Crippen LogP contribution in [0.4, 0.5) is 5.82 Å². The Morgan fingerprint density at radius 3 is 2.82 bits per heavy atom. The Labute approximate surface area is 65.4 Å². The second-order valence-electron chi connectivity index (χ2n) is 2.36. The van der Waals surface area contributed by atoms with Crippen LogP contribution in [0.15, 0.2) is 18.3 Å². The monoisotopic (exact) mass is 152 g/mol. The first-order valence-corrected chi connectivity index (χ1v) is 3.41. The van der Waals surface area contributed by atoms with Crippen molar-refractivity contribution in [1.29, 1.82) is 0 Å². The lowest BCUT2D eigenvalue weighted by atomic mass is 10.1. The highest BCUT2D eigenvalue weighted by molar-refractivity contribution is 5.33. The first-order chi connectivity index (χ1) is 5.24. The number of nitrogens with two attached hydrogens (primary N) is 3. The molecule has 0 fully saturated rings. The Morgan fingerprint density at radius 1 is 1.55 bits per heavy atom. The van der Waals surface area contributed by atoms with Gasteiger partial charge in [-0.1, -0.05) is 0 Å². The van der Waals surface area contributed by atoms with Gasteiger partial charge in [0.1, 0.15) is 5.82 Å². The van der Waals surface area contributed by atoms with Crippen LogP contribution in [0.5, 0.6) is 0 Å². The Balaban J connectivity index is 2.86. The maximum atomic E-state index is 5.65. The van der Waals surface area contributed by atoms with Gasteiger partial charge in [-0.15, -0.1) is 0 Å². The smallest absolute Gasteiger partial charge is 0.123 e. The Kier molecular flexibility index (Phi) is 2.40. The van der Waals surface area contributed by atoms with E-state index in [4.69, 9.17) is 17.2 Å². The topological polar surface area (TPSA) is 91.0 Å². The van der Waals surface area contributed by atoms with Crippen LogP contribution in [0.25, 0.3) is 0 Å². The number of hydrogen-bond acceptors (Lipinski definition) is 4. The number of anilines is 1. The maximum Gasteiger partial charge on any atom is 0.123 e. The van der Waals surface area contributed by atoms with Crippen molar-refractivity contribution < 1.29 is 0 Å². The molecule has 0 radical (unpaired) electrons. The third kappa shape index (κ3) is 1.89. The van der Waals surface area contributed by atoms with Gasteiger partial charge in [-0.2, -0.15) is 0 Å². The van der Waals surface area contributed by atoms with Crippen molar-refractivity contribution in [2.24, 2.45) is 11.5 Å². The minimum Gasteiger partial charge on any atom is -0.384 e. The van der Waals surface area contributed by atoms with Crippen molar-refractivity contribution in [1.82, 2.24) is 4.98 Å². The molecule has 0 aliphatic carbocycles. The molecule has 6 N–H and O–H groups in total. The van der Waals surface area contributed by atoms with Crippen LogP contribution in [-0.4, -0.2) is 11.5 Å². The van der Waals surface area contributed by atoms with Crippen molar-refractivity contribution in [2.75, 3.05) is 12.3 Å². The van der Waals surface area contributed by atoms with E-state index < -0.39 is 0 Å². The molecular formula is C7H12N4. The summed E-state index contributed by atoms with van der Waals surface area (Å²) in [6.45, 7) is 0.420. The van der Waals surface area contributed by atoms with E-state index in [9.17, 15) is 0 Å². The van der Waals surface area contributed by atoms with Crippen molar-refractivity contribution in [3.8, 4) is 0 Å². The summed E-state index contributed by atoms with van der Waals surface area (Å²) in [6, 6.07) is 3.41. The van der Waals surface area contributed by atoms with Gasteiger partial charge in [0.15, 0.2) is 0 Å². The van der Waals surface area contributed by atoms with E-state index >= 15 is 0 Å². The third-order valence-electron chi connectivity index (χ3n) is 1.49. The molecule has 60 valence electrons. The zero-order valence-corrected chi connectivity index (χ0v) is 6.20. The largest absolute Gasteiger partial charge is 0.384 e. The molecule has 0 spiro atoms. The molecule has 11 heavy (non-hydrogen) atoms. The van der Waals surface area contributed by atoms with Gasteiger partial charge in [0, 0.05) is 18.8 Å². The van der Waals surface area contributed by atoms with E-state index in [-0.39, 0.29) is 6.04 Å². The van der Waals surface area contributed by atoms with Crippen LogP contribution >= 0.6 is 0 Å². The highest BCUT2D eigenvalue weighted by atomic mass is 14.8. The zero-order chi connectivity index (χ0) is 8.27. The van der Waals surface area contributed by atoms with Gasteiger partial charge in [0.2, 0.25) is 0 Å². The van der Waals surface area contributed by atoms with Gasteiger partial charge < -0.3 is 17.2 Å². The number of nitrogen functional groups attached to an aromatic ring is 1. The van der Waals surface area contributed by atoms with Gasteiger partial charge in [-0.25, -0.2) is 4.98 Å². The summed E-state index contributed by atoms with van der Waals surface area (Å²) in [4.78, 5) is 3.84. The van der Waals surface area contributed by atoms with Gasteiger partial charge in [0.05, 0.1) is 0 Å². The van der Waals surface area contributed by atoms with Gasteiger partial charge in [-0.3, -0.25) is 0 Å². The van der Waals surface area contributed by atoms with Gasteiger partial charge in [0.25, 0.3) is 0 Å². The number of aromatic nitrogens is 1. The highest BCUT2D eigenvalue weighted by Crippen LogP contribution is 2.09. The Bertz CT molecular complexity index is 236. The number of hydrogen-bond donors (Lipinski definition) is 3. The lowest BCUT2D eigenvalue weighted by Crippen LogP contribution is -2.20. The summed E-state index contributed by atoms with van der Waals surface area (Å²) >= 11 is 0. The minimum atomic E-state index is -0.139. The maximum absolute atomic E-state index is 5.65. The van der Waals surface area contributed by atoms with E-state index in [1.165, 1.54) is 0 Å². The molecule has 1 atom stereocenters. The molecule has 0 saturated carbocycles. The first kappa shape index (κ1) is 7.97. The molecule has 0 aromatic carbocycles. The average molecular weight is 152 g/mol. The van der Waals surface area contributed by atoms with E-state index in [2.05, 4.69) is 4.98 Å². The quantitative estimate of drug-likeness (QED) is 0.539. The molecular weight excluding hydrogens is 140 g/mol. The number of rotatable bonds is 2. The van der Waals surface area contributed by atoms with Crippen molar-refractivity contribution in [3.63, 3.8) is 0 Å². The fourth-order valence-corrected chi connectivity index (χ4v) is 0.832. The molecule has 0 amide bonds. The predicted molar refractivity (Wildman–Crippen MR) is 44.6 cm³/mol. The molecule has 1 aromatic rings. The molecule has 4 nitrogen and oxygen atoms in total. The predicted octanol–water partition coefficient (Wildman–Crippen LogP) is -0.378. The number of nitrogens with zero attached hydrogens (tertiary/aromatic N) is 1. The lowest BCUT2D eigenvalue weighted by molar-refractivity contribution is 0.736. The van der Waals surface area contributed by atoms with Crippen LogP contribution in [0.3, 0.4) is 0 Å². The summed E-state index contributed by atoms with van der Waals surface area (Å²) < 4.78 is 0. The van der Waals surface area contributed by atoms with Crippen LogP contribution < -0.4 is 17.2 Å². The summed E-state index contributed by atoms with van der Waals surface area (Å²) in [5.41, 5.74) is 17.4. The molecule has 1 heterocycles. The lowest BCUT2D eigenvalue weighted by Gasteiger charge is -2.08. The standard InChI is InChI=1S/C7H12N4/c8-4-6(9)5-1-2-11-7(10)3-5/h1-3,6H,4,8-9H2,(H2,10,11). The minimum absolute atomic E-state index is 0.139. The van der Waals surface area contributed by atoms with Crippen molar-refractivity contribution >= 4 is 5.82 Å². The Morgan fingerprint density at radius 2 is 2.27 bits per heavy atom. The van der Waals surface area contributed by atoms with E-state index in [0.29, 0.717) is 12.4 Å². The Hall–Kier alpha value is -1.13. The summed E-state index contributed by atoms with van der Waals surface area (Å²) in [5, 5.41) is 0. The molecule has 4 heteroatoms. The molecule has 1 aromatic heterocycles. The summed E-state index contributed by atoms with van der Waals surface area (Å²) in [6.07, 6.45) is 1.63. The van der Waals surface area contributed by atoms with Crippen LogP contribution in [0.2, 0.25) is 0 Å². The SMILES string of the molecule is NCC(N)c1ccnc(N)c1. The molecule has 0 saturated heterocycles. The normalized spacial score (nSPS) is 12.9. The molecule has 0 bridgehead atoms. The van der Waals surface area contributed by atoms with Crippen LogP contribution in [0.1, 0.15) is 11.6 Å². The first-order valence-electron chi connectivity index (χ1n) is 3.41. The fraction of sp³-hybridized carbons (Fsp3) is 0.286.